The summed E-state index contributed by atoms with van der Waals surface area (Å²) in [5, 5.41) is 11.1. The SMILES string of the molecule is COc1cc(CN2CCOCC(O)(COc3cccc(F)c3)C2)ccc1OCCCn1ccnc1C. The Labute approximate surface area is 211 Å². The molecule has 1 fully saturated rings. The Morgan fingerprint density at radius 2 is 2.06 bits per heavy atom. The maximum atomic E-state index is 13.4. The first kappa shape index (κ1) is 25.9. The molecular formula is C27H34FN3O5. The van der Waals surface area contributed by atoms with Crippen molar-refractivity contribution in [3.8, 4) is 17.2 Å². The van der Waals surface area contributed by atoms with Gasteiger partial charge in [0.25, 0.3) is 0 Å². The minimum absolute atomic E-state index is 0.00164. The van der Waals surface area contributed by atoms with E-state index in [0.29, 0.717) is 50.1 Å². The van der Waals surface area contributed by atoms with Gasteiger partial charge in [0.1, 0.15) is 29.6 Å². The molecule has 3 aromatic rings. The molecule has 2 heterocycles. The highest BCUT2D eigenvalue weighted by Gasteiger charge is 2.33. The Bertz CT molecular complexity index is 1120. The number of β-amino-alcohol motifs (C(OH)–C–C–N with tert-alkyl or cyclic N) is 1. The van der Waals surface area contributed by atoms with Crippen molar-refractivity contribution >= 4 is 0 Å². The number of benzene rings is 2. The summed E-state index contributed by atoms with van der Waals surface area (Å²) in [4.78, 5) is 6.35. The van der Waals surface area contributed by atoms with Gasteiger partial charge in [-0.1, -0.05) is 12.1 Å². The third kappa shape index (κ3) is 7.19. The average molecular weight is 500 g/mol. The number of nitrogens with zero attached hydrogens (tertiary/aromatic N) is 3. The lowest BCUT2D eigenvalue weighted by atomic mass is 10.1. The Morgan fingerprint density at radius 1 is 1.17 bits per heavy atom. The van der Waals surface area contributed by atoms with E-state index in [2.05, 4.69) is 14.5 Å². The van der Waals surface area contributed by atoms with Gasteiger partial charge in [-0.3, -0.25) is 4.90 Å². The fraction of sp³-hybridized carbons (Fsp3) is 0.444. The number of halogens is 1. The first-order valence-corrected chi connectivity index (χ1v) is 12.1. The van der Waals surface area contributed by atoms with E-state index in [-0.39, 0.29) is 19.0 Å². The highest BCUT2D eigenvalue weighted by atomic mass is 19.1. The molecular weight excluding hydrogens is 465 g/mol. The number of aliphatic hydroxyl groups is 1. The molecule has 0 radical (unpaired) electrons. The Kier molecular flexibility index (Phi) is 8.79. The Balaban J connectivity index is 1.32. The van der Waals surface area contributed by atoms with Gasteiger partial charge in [0.2, 0.25) is 0 Å². The van der Waals surface area contributed by atoms with Gasteiger partial charge in [-0.25, -0.2) is 9.37 Å². The summed E-state index contributed by atoms with van der Waals surface area (Å²) in [7, 11) is 1.63. The predicted octanol–water partition coefficient (Wildman–Crippen LogP) is 3.45. The number of aryl methyl sites for hydroxylation is 2. The van der Waals surface area contributed by atoms with Crippen molar-refractivity contribution in [1.29, 1.82) is 0 Å². The van der Waals surface area contributed by atoms with E-state index >= 15 is 0 Å². The molecule has 0 amide bonds. The molecule has 2 aromatic carbocycles. The molecule has 1 saturated heterocycles. The summed E-state index contributed by atoms with van der Waals surface area (Å²) < 4.78 is 38.4. The summed E-state index contributed by atoms with van der Waals surface area (Å²) >= 11 is 0. The van der Waals surface area contributed by atoms with Gasteiger partial charge in [0, 0.05) is 44.6 Å². The number of hydrogen-bond donors (Lipinski definition) is 1. The first-order chi connectivity index (χ1) is 17.4. The molecule has 1 unspecified atom stereocenters. The van der Waals surface area contributed by atoms with Crippen molar-refractivity contribution in [2.24, 2.45) is 0 Å². The number of aromatic nitrogens is 2. The molecule has 1 N–H and O–H groups in total. The van der Waals surface area contributed by atoms with Gasteiger partial charge in [-0.2, -0.15) is 0 Å². The third-order valence-electron chi connectivity index (χ3n) is 6.10. The van der Waals surface area contributed by atoms with Crippen molar-refractivity contribution in [2.45, 2.75) is 32.0 Å². The fourth-order valence-corrected chi connectivity index (χ4v) is 4.24. The van der Waals surface area contributed by atoms with Crippen molar-refractivity contribution in [1.82, 2.24) is 14.5 Å². The minimum atomic E-state index is -1.22. The van der Waals surface area contributed by atoms with E-state index in [1.54, 1.807) is 25.4 Å². The van der Waals surface area contributed by atoms with Crippen LogP contribution >= 0.6 is 0 Å². The van der Waals surface area contributed by atoms with Crippen LogP contribution in [0.2, 0.25) is 0 Å². The Hall–Kier alpha value is -3.14. The zero-order chi connectivity index (χ0) is 25.4. The van der Waals surface area contributed by atoms with Gasteiger partial charge in [0.15, 0.2) is 11.5 Å². The molecule has 0 bridgehead atoms. The Morgan fingerprint density at radius 3 is 2.83 bits per heavy atom. The number of methoxy groups -OCH3 is 1. The van der Waals surface area contributed by atoms with E-state index in [1.807, 2.05) is 31.3 Å². The molecule has 1 aromatic heterocycles. The van der Waals surface area contributed by atoms with Gasteiger partial charge in [-0.15, -0.1) is 0 Å². The molecule has 4 rings (SSSR count). The lowest BCUT2D eigenvalue weighted by molar-refractivity contribution is -0.0647. The van der Waals surface area contributed by atoms with Gasteiger partial charge < -0.3 is 28.6 Å². The highest BCUT2D eigenvalue weighted by molar-refractivity contribution is 5.43. The summed E-state index contributed by atoms with van der Waals surface area (Å²) in [6, 6.07) is 11.8. The molecule has 1 aliphatic heterocycles. The summed E-state index contributed by atoms with van der Waals surface area (Å²) in [6.45, 7) is 5.66. The molecule has 8 nitrogen and oxygen atoms in total. The average Bonchev–Trinajstić information content (AvgIpc) is 3.18. The maximum absolute atomic E-state index is 13.4. The lowest BCUT2D eigenvalue weighted by Gasteiger charge is -2.30. The first-order valence-electron chi connectivity index (χ1n) is 12.1. The summed E-state index contributed by atoms with van der Waals surface area (Å²) in [5.41, 5.74) is -0.188. The van der Waals surface area contributed by atoms with Gasteiger partial charge >= 0.3 is 0 Å². The van der Waals surface area contributed by atoms with E-state index < -0.39 is 5.60 Å². The van der Waals surface area contributed by atoms with E-state index in [0.717, 1.165) is 24.4 Å². The lowest BCUT2D eigenvalue weighted by Crippen LogP contribution is -2.48. The highest BCUT2D eigenvalue weighted by Crippen LogP contribution is 2.29. The van der Waals surface area contributed by atoms with Crippen LogP contribution in [0.3, 0.4) is 0 Å². The van der Waals surface area contributed by atoms with Crippen LogP contribution in [0.25, 0.3) is 0 Å². The van der Waals surface area contributed by atoms with Crippen LogP contribution in [-0.2, 0) is 17.8 Å². The van der Waals surface area contributed by atoms with Gasteiger partial charge in [-0.05, 0) is 43.2 Å². The topological polar surface area (TPSA) is 78.2 Å². The fourth-order valence-electron chi connectivity index (χ4n) is 4.24. The molecule has 36 heavy (non-hydrogen) atoms. The van der Waals surface area contributed by atoms with E-state index in [4.69, 9.17) is 18.9 Å². The second-order valence-electron chi connectivity index (χ2n) is 9.09. The molecule has 1 atom stereocenters. The zero-order valence-corrected chi connectivity index (χ0v) is 20.9. The summed E-state index contributed by atoms with van der Waals surface area (Å²) in [5.74, 6) is 2.35. The molecule has 0 saturated carbocycles. The van der Waals surface area contributed by atoms with Crippen LogP contribution in [0.15, 0.2) is 54.9 Å². The minimum Gasteiger partial charge on any atom is -0.493 e. The van der Waals surface area contributed by atoms with Crippen LogP contribution in [0, 0.1) is 12.7 Å². The molecule has 1 aliphatic rings. The molecule has 9 heteroatoms. The molecule has 0 spiro atoms. The zero-order valence-electron chi connectivity index (χ0n) is 20.9. The van der Waals surface area contributed by atoms with Crippen molar-refractivity contribution in [3.05, 3.63) is 72.1 Å². The van der Waals surface area contributed by atoms with Crippen molar-refractivity contribution < 1.29 is 28.4 Å². The third-order valence-corrected chi connectivity index (χ3v) is 6.10. The maximum Gasteiger partial charge on any atom is 0.161 e. The van der Waals surface area contributed by atoms with Crippen molar-refractivity contribution in [3.63, 3.8) is 0 Å². The predicted molar refractivity (Wildman–Crippen MR) is 133 cm³/mol. The van der Waals surface area contributed by atoms with Crippen LogP contribution in [0.4, 0.5) is 4.39 Å². The van der Waals surface area contributed by atoms with Crippen LogP contribution < -0.4 is 14.2 Å². The van der Waals surface area contributed by atoms with Crippen LogP contribution in [0.5, 0.6) is 17.2 Å². The standard InChI is InChI=1S/C27H34FN3O5/c1-21-29-9-11-31(21)10-4-13-35-25-8-7-22(15-26(25)33-2)17-30-12-14-34-19-27(32,18-30)20-36-24-6-3-5-23(28)16-24/h3,5-9,11,15-16,32H,4,10,12-14,17-20H2,1-2H3. The quantitative estimate of drug-likeness (QED) is 0.405. The molecule has 0 aliphatic carbocycles. The van der Waals surface area contributed by atoms with Crippen LogP contribution in [0.1, 0.15) is 17.8 Å². The summed E-state index contributed by atoms with van der Waals surface area (Å²) in [6.07, 6.45) is 4.62. The largest absolute Gasteiger partial charge is 0.493 e. The number of ether oxygens (including phenoxy) is 4. The second kappa shape index (κ2) is 12.2. The number of imidazole rings is 1. The normalized spacial score (nSPS) is 18.6. The van der Waals surface area contributed by atoms with Crippen molar-refractivity contribution in [2.75, 3.05) is 46.6 Å². The van der Waals surface area contributed by atoms with Crippen LogP contribution in [-0.4, -0.2) is 71.8 Å². The van der Waals surface area contributed by atoms with E-state index in [9.17, 15) is 9.50 Å². The van der Waals surface area contributed by atoms with E-state index in [1.165, 1.54) is 12.1 Å². The number of hydrogen-bond acceptors (Lipinski definition) is 7. The smallest absolute Gasteiger partial charge is 0.161 e. The van der Waals surface area contributed by atoms with Gasteiger partial charge in [0.05, 0.1) is 26.9 Å². The second-order valence-corrected chi connectivity index (χ2v) is 9.09. The molecule has 194 valence electrons. The number of rotatable bonds is 11. The monoisotopic (exact) mass is 499 g/mol.